The molecule has 0 spiro atoms. The molecule has 6 heteroatoms. The molecule has 2 aromatic rings. The fraction of sp³-hybridized carbons (Fsp3) is 0.357. The predicted molar refractivity (Wildman–Crippen MR) is 76.9 cm³/mol. The molecule has 0 radical (unpaired) electrons. The van der Waals surface area contributed by atoms with E-state index in [1.807, 2.05) is 13.0 Å². The first-order valence-electron chi connectivity index (χ1n) is 6.36. The van der Waals surface area contributed by atoms with Crippen LogP contribution in [0.2, 0.25) is 0 Å². The van der Waals surface area contributed by atoms with Crippen LogP contribution in [0.3, 0.4) is 0 Å². The summed E-state index contributed by atoms with van der Waals surface area (Å²) in [6.07, 6.45) is 0. The lowest BCUT2D eigenvalue weighted by Gasteiger charge is -2.12. The Labute approximate surface area is 119 Å². The molecule has 0 unspecified atom stereocenters. The summed E-state index contributed by atoms with van der Waals surface area (Å²) in [6.45, 7) is 7.16. The Kier molecular flexibility index (Phi) is 3.96. The molecule has 2 rings (SSSR count). The highest BCUT2D eigenvalue weighted by Gasteiger charge is 2.19. The second-order valence-electron chi connectivity index (χ2n) is 5.09. The zero-order valence-corrected chi connectivity index (χ0v) is 12.8. The number of nitrogens with one attached hydrogen (secondary N) is 1. The van der Waals surface area contributed by atoms with Crippen LogP contribution in [0, 0.1) is 13.8 Å². The van der Waals surface area contributed by atoms with Crippen LogP contribution in [0.5, 0.6) is 0 Å². The van der Waals surface area contributed by atoms with Crippen LogP contribution in [-0.2, 0) is 10.0 Å². The van der Waals surface area contributed by atoms with Crippen LogP contribution in [0.4, 0.5) is 0 Å². The first-order valence-corrected chi connectivity index (χ1v) is 7.84. The molecule has 1 heterocycles. The van der Waals surface area contributed by atoms with E-state index in [0.29, 0.717) is 16.9 Å². The van der Waals surface area contributed by atoms with Gasteiger partial charge in [0.1, 0.15) is 0 Å². The van der Waals surface area contributed by atoms with E-state index in [0.717, 1.165) is 5.69 Å². The number of aromatic nitrogens is 1. The van der Waals surface area contributed by atoms with Crippen molar-refractivity contribution in [2.45, 2.75) is 38.6 Å². The molecule has 0 aliphatic rings. The molecule has 0 saturated carbocycles. The Morgan fingerprint density at radius 3 is 2.45 bits per heavy atom. The highest BCUT2D eigenvalue weighted by molar-refractivity contribution is 7.89. The zero-order chi connectivity index (χ0) is 14.9. The highest BCUT2D eigenvalue weighted by Crippen LogP contribution is 2.25. The quantitative estimate of drug-likeness (QED) is 0.941. The maximum Gasteiger partial charge on any atom is 0.241 e. The Balaban J connectivity index is 2.49. The summed E-state index contributed by atoms with van der Waals surface area (Å²) in [4.78, 5) is 0.262. The van der Waals surface area contributed by atoms with Crippen LogP contribution in [0.15, 0.2) is 33.7 Å². The van der Waals surface area contributed by atoms with Gasteiger partial charge in [-0.25, -0.2) is 13.1 Å². The topological polar surface area (TPSA) is 72.2 Å². The van der Waals surface area contributed by atoms with Gasteiger partial charge in [0.25, 0.3) is 0 Å². The molecule has 0 saturated heterocycles. The Morgan fingerprint density at radius 2 is 1.90 bits per heavy atom. The number of hydrogen-bond acceptors (Lipinski definition) is 4. The summed E-state index contributed by atoms with van der Waals surface area (Å²) in [5.41, 5.74) is 2.14. The number of nitrogens with zero attached hydrogens (tertiary/aromatic N) is 1. The number of benzene rings is 1. The summed E-state index contributed by atoms with van der Waals surface area (Å²) in [5, 5.41) is 3.82. The predicted octanol–water partition coefficient (Wildman–Crippen LogP) is 2.65. The second-order valence-corrected chi connectivity index (χ2v) is 6.77. The van der Waals surface area contributed by atoms with Crippen molar-refractivity contribution in [3.8, 4) is 11.3 Å². The summed E-state index contributed by atoms with van der Waals surface area (Å²) < 4.78 is 32.3. The van der Waals surface area contributed by atoms with Crippen molar-refractivity contribution in [2.24, 2.45) is 0 Å². The fourth-order valence-electron chi connectivity index (χ4n) is 1.92. The molecule has 0 aliphatic carbocycles. The van der Waals surface area contributed by atoms with E-state index in [9.17, 15) is 8.42 Å². The molecule has 1 aromatic carbocycles. The molecule has 0 aliphatic heterocycles. The smallest absolute Gasteiger partial charge is 0.241 e. The van der Waals surface area contributed by atoms with Crippen molar-refractivity contribution in [1.82, 2.24) is 9.88 Å². The highest BCUT2D eigenvalue weighted by atomic mass is 32.2. The first-order chi connectivity index (χ1) is 9.29. The molecule has 20 heavy (non-hydrogen) atoms. The number of sulfonamides is 1. The van der Waals surface area contributed by atoms with Crippen LogP contribution < -0.4 is 4.72 Å². The number of rotatable bonds is 4. The number of aryl methyl sites for hydroxylation is 2. The number of hydrogen-bond donors (Lipinski definition) is 1. The van der Waals surface area contributed by atoms with Crippen molar-refractivity contribution in [2.75, 3.05) is 0 Å². The van der Waals surface area contributed by atoms with Gasteiger partial charge in [0, 0.05) is 17.7 Å². The van der Waals surface area contributed by atoms with E-state index in [1.54, 1.807) is 39.0 Å². The molecule has 0 amide bonds. The first kappa shape index (κ1) is 14.7. The molecule has 5 nitrogen and oxygen atoms in total. The van der Waals surface area contributed by atoms with Crippen molar-refractivity contribution < 1.29 is 12.9 Å². The van der Waals surface area contributed by atoms with E-state index in [4.69, 9.17) is 4.52 Å². The van der Waals surface area contributed by atoms with E-state index in [1.165, 1.54) is 0 Å². The molecule has 0 bridgehead atoms. The third-order valence-electron chi connectivity index (χ3n) is 2.78. The SMILES string of the molecule is Cc1cc(-c2ccc(C)c(S(=O)(=O)NC(C)C)c2)on1. The molecule has 1 N–H and O–H groups in total. The summed E-state index contributed by atoms with van der Waals surface area (Å²) in [7, 11) is -3.53. The lowest BCUT2D eigenvalue weighted by Crippen LogP contribution is -2.30. The molecule has 0 fully saturated rings. The van der Waals surface area contributed by atoms with Crippen molar-refractivity contribution in [3.63, 3.8) is 0 Å². The third kappa shape index (κ3) is 3.08. The Morgan fingerprint density at radius 1 is 1.20 bits per heavy atom. The average molecular weight is 294 g/mol. The zero-order valence-electron chi connectivity index (χ0n) is 12.0. The van der Waals surface area contributed by atoms with Crippen molar-refractivity contribution >= 4 is 10.0 Å². The molecule has 1 aromatic heterocycles. The van der Waals surface area contributed by atoms with Gasteiger partial charge >= 0.3 is 0 Å². The van der Waals surface area contributed by atoms with E-state index in [2.05, 4.69) is 9.88 Å². The van der Waals surface area contributed by atoms with Crippen LogP contribution in [0.1, 0.15) is 25.1 Å². The molecular weight excluding hydrogens is 276 g/mol. The minimum Gasteiger partial charge on any atom is -0.356 e. The van der Waals surface area contributed by atoms with Gasteiger partial charge < -0.3 is 4.52 Å². The van der Waals surface area contributed by atoms with E-state index in [-0.39, 0.29) is 10.9 Å². The Hall–Kier alpha value is -1.66. The van der Waals surface area contributed by atoms with Gasteiger partial charge in [0.15, 0.2) is 5.76 Å². The summed E-state index contributed by atoms with van der Waals surface area (Å²) in [5.74, 6) is 0.559. The van der Waals surface area contributed by atoms with Gasteiger partial charge in [0.05, 0.1) is 10.6 Å². The molecule has 108 valence electrons. The minimum absolute atomic E-state index is 0.157. The van der Waals surface area contributed by atoms with Gasteiger partial charge in [-0.1, -0.05) is 17.3 Å². The van der Waals surface area contributed by atoms with Gasteiger partial charge in [-0.2, -0.15) is 0 Å². The van der Waals surface area contributed by atoms with Crippen LogP contribution in [-0.4, -0.2) is 19.6 Å². The van der Waals surface area contributed by atoms with Gasteiger partial charge in [0.2, 0.25) is 10.0 Å². The molecule has 0 atom stereocenters. The summed E-state index contributed by atoms with van der Waals surface area (Å²) >= 11 is 0. The second kappa shape index (κ2) is 5.38. The average Bonchev–Trinajstić information content (AvgIpc) is 2.74. The van der Waals surface area contributed by atoms with Crippen molar-refractivity contribution in [1.29, 1.82) is 0 Å². The minimum atomic E-state index is -3.53. The lowest BCUT2D eigenvalue weighted by molar-refractivity contribution is 0.427. The molecular formula is C14H18N2O3S. The maximum absolute atomic E-state index is 12.3. The summed E-state index contributed by atoms with van der Waals surface area (Å²) in [6, 6.07) is 6.82. The van der Waals surface area contributed by atoms with Gasteiger partial charge in [-0.05, 0) is 39.3 Å². The van der Waals surface area contributed by atoms with Crippen molar-refractivity contribution in [3.05, 3.63) is 35.5 Å². The van der Waals surface area contributed by atoms with E-state index < -0.39 is 10.0 Å². The maximum atomic E-state index is 12.3. The fourth-order valence-corrected chi connectivity index (χ4v) is 3.44. The normalized spacial score (nSPS) is 12.1. The standard InChI is InChI=1S/C14H18N2O3S/c1-9(2)16-20(17,18)14-8-12(6-5-10(14)3)13-7-11(4)15-19-13/h5-9,16H,1-4H3. The van der Waals surface area contributed by atoms with Gasteiger partial charge in [-0.3, -0.25) is 0 Å². The van der Waals surface area contributed by atoms with Crippen LogP contribution >= 0.6 is 0 Å². The van der Waals surface area contributed by atoms with E-state index >= 15 is 0 Å². The third-order valence-corrected chi connectivity index (χ3v) is 4.58. The van der Waals surface area contributed by atoms with Gasteiger partial charge in [-0.15, -0.1) is 0 Å². The largest absolute Gasteiger partial charge is 0.356 e. The monoisotopic (exact) mass is 294 g/mol. The Bertz CT molecular complexity index is 718. The van der Waals surface area contributed by atoms with Crippen LogP contribution in [0.25, 0.3) is 11.3 Å². The lowest BCUT2D eigenvalue weighted by atomic mass is 10.1.